The Morgan fingerprint density at radius 1 is 0.857 bits per heavy atom. The van der Waals surface area contributed by atoms with Gasteiger partial charge in [-0.15, -0.1) is 0 Å². The maximum atomic E-state index is 11.3. The van der Waals surface area contributed by atoms with Gasteiger partial charge < -0.3 is 9.47 Å². The van der Waals surface area contributed by atoms with E-state index in [1.54, 1.807) is 0 Å². The fourth-order valence-electron chi connectivity index (χ4n) is 1.08. The quantitative estimate of drug-likeness (QED) is 0.633. The highest BCUT2D eigenvalue weighted by molar-refractivity contribution is 8.02. The molecule has 82 valence electrons. The van der Waals surface area contributed by atoms with Crippen molar-refractivity contribution in [3.63, 3.8) is 0 Å². The van der Waals surface area contributed by atoms with Crippen LogP contribution in [0.4, 0.5) is 0 Å². The van der Waals surface area contributed by atoms with Crippen molar-refractivity contribution >= 4 is 19.7 Å². The van der Waals surface area contributed by atoms with Gasteiger partial charge >= 0.3 is 0 Å². The second-order valence-corrected chi connectivity index (χ2v) is 6.64. The largest absolute Gasteiger partial charge is 0.483 e. The molecule has 0 saturated carbocycles. The van der Waals surface area contributed by atoms with Crippen LogP contribution < -0.4 is 0 Å². The van der Waals surface area contributed by atoms with E-state index in [2.05, 4.69) is 9.47 Å². The van der Waals surface area contributed by atoms with Gasteiger partial charge in [-0.1, -0.05) is 0 Å². The monoisotopic (exact) mass is 242 g/mol. The lowest BCUT2D eigenvalue weighted by Gasteiger charge is -2.17. The van der Waals surface area contributed by atoms with E-state index in [0.29, 0.717) is 0 Å². The Hall–Kier alpha value is -0.760. The fourth-order valence-corrected chi connectivity index (χ4v) is 5.15. The van der Waals surface area contributed by atoms with Crippen LogP contribution in [0.5, 0.6) is 0 Å². The molecule has 1 rings (SSSR count). The number of rotatable bonds is 2. The summed E-state index contributed by atoms with van der Waals surface area (Å²) in [6.45, 7) is 0. The van der Waals surface area contributed by atoms with E-state index in [0.717, 1.165) is 14.2 Å². The van der Waals surface area contributed by atoms with Crippen LogP contribution in [-0.2, 0) is 29.1 Å². The van der Waals surface area contributed by atoms with Gasteiger partial charge in [0.1, 0.15) is 0 Å². The molecule has 0 N–H and O–H groups in total. The second kappa shape index (κ2) is 3.43. The smallest absolute Gasteiger partial charge is 0.266 e. The molecular formula is C6H10O6S2. The normalized spacial score (nSPS) is 24.4. The third kappa shape index (κ3) is 1.71. The predicted molar refractivity (Wildman–Crippen MR) is 48.6 cm³/mol. The number of hydrogen-bond donors (Lipinski definition) is 0. The van der Waals surface area contributed by atoms with E-state index >= 15 is 0 Å². The summed E-state index contributed by atoms with van der Waals surface area (Å²) in [7, 11) is -5.13. The molecule has 0 aromatic carbocycles. The summed E-state index contributed by atoms with van der Waals surface area (Å²) in [5, 5.41) is -1.21. The minimum absolute atomic E-state index is 0.467. The van der Waals surface area contributed by atoms with Crippen LogP contribution >= 0.6 is 0 Å². The lowest BCUT2D eigenvalue weighted by Crippen LogP contribution is -2.29. The van der Waals surface area contributed by atoms with Crippen molar-refractivity contribution in [2.24, 2.45) is 0 Å². The Bertz CT molecular complexity index is 411. The van der Waals surface area contributed by atoms with Gasteiger partial charge in [-0.05, 0) is 0 Å². The van der Waals surface area contributed by atoms with Crippen molar-refractivity contribution in [3.8, 4) is 0 Å². The zero-order valence-corrected chi connectivity index (χ0v) is 9.31. The van der Waals surface area contributed by atoms with Gasteiger partial charge in [-0.25, -0.2) is 16.8 Å². The van der Waals surface area contributed by atoms with Crippen LogP contribution in [0.1, 0.15) is 0 Å². The summed E-state index contributed by atoms with van der Waals surface area (Å²) in [6, 6.07) is 0. The highest BCUT2D eigenvalue weighted by Crippen LogP contribution is 2.25. The maximum Gasteiger partial charge on any atom is 0.266 e. The van der Waals surface area contributed by atoms with Crippen LogP contribution in [0, 0.1) is 0 Å². The molecule has 1 heterocycles. The van der Waals surface area contributed by atoms with Gasteiger partial charge in [0.25, 0.3) is 10.2 Å². The molecule has 0 aliphatic carbocycles. The van der Waals surface area contributed by atoms with Gasteiger partial charge in [0.05, 0.1) is 25.7 Å². The molecule has 0 amide bonds. The molecule has 0 bridgehead atoms. The molecule has 1 aliphatic rings. The average molecular weight is 242 g/mol. The molecule has 1 aliphatic heterocycles. The van der Waals surface area contributed by atoms with E-state index in [1.807, 2.05) is 0 Å². The van der Waals surface area contributed by atoms with Crippen LogP contribution in [0.3, 0.4) is 0 Å². The Morgan fingerprint density at radius 2 is 1.14 bits per heavy atom. The highest BCUT2D eigenvalue weighted by atomic mass is 32.2. The SMILES string of the molecule is COC1=C(OC)S(=O)(=O)CCS1(=O)=O. The highest BCUT2D eigenvalue weighted by Gasteiger charge is 2.38. The third-order valence-corrected chi connectivity index (χ3v) is 5.43. The third-order valence-electron chi connectivity index (χ3n) is 1.72. The molecule has 8 heteroatoms. The molecule has 0 atom stereocenters. The molecule has 0 spiro atoms. The molecule has 0 aromatic rings. The van der Waals surface area contributed by atoms with Crippen molar-refractivity contribution in [2.45, 2.75) is 0 Å². The summed E-state index contributed by atoms with van der Waals surface area (Å²) < 4.78 is 54.4. The van der Waals surface area contributed by atoms with Gasteiger partial charge in [-0.2, -0.15) is 0 Å². The molecule has 0 unspecified atom stereocenters. The van der Waals surface area contributed by atoms with Crippen LogP contribution in [0.2, 0.25) is 0 Å². The Balaban J connectivity index is 3.52. The van der Waals surface area contributed by atoms with Gasteiger partial charge in [0.2, 0.25) is 19.7 Å². The van der Waals surface area contributed by atoms with Crippen LogP contribution in [0.15, 0.2) is 10.2 Å². The van der Waals surface area contributed by atoms with Crippen LogP contribution in [-0.4, -0.2) is 42.6 Å². The predicted octanol–water partition coefficient (Wildman–Crippen LogP) is -0.751. The molecular weight excluding hydrogens is 232 g/mol. The van der Waals surface area contributed by atoms with E-state index in [9.17, 15) is 16.8 Å². The maximum absolute atomic E-state index is 11.3. The lowest BCUT2D eigenvalue weighted by atomic mass is 10.9. The van der Waals surface area contributed by atoms with Crippen LogP contribution in [0.25, 0.3) is 0 Å². The summed E-state index contributed by atoms with van der Waals surface area (Å²) in [4.78, 5) is 0. The van der Waals surface area contributed by atoms with Gasteiger partial charge in [0, 0.05) is 0 Å². The Kier molecular flexibility index (Phi) is 2.77. The number of hydrogen-bond acceptors (Lipinski definition) is 6. The summed E-state index contributed by atoms with van der Waals surface area (Å²) in [5.74, 6) is -0.934. The van der Waals surface area contributed by atoms with E-state index in [4.69, 9.17) is 0 Å². The van der Waals surface area contributed by atoms with Crippen molar-refractivity contribution in [1.29, 1.82) is 0 Å². The molecule has 14 heavy (non-hydrogen) atoms. The fraction of sp³-hybridized carbons (Fsp3) is 0.667. The number of methoxy groups -OCH3 is 2. The first-order chi connectivity index (χ1) is 6.35. The minimum atomic E-state index is -3.65. The van der Waals surface area contributed by atoms with Crippen molar-refractivity contribution < 1.29 is 26.3 Å². The number of sulfone groups is 2. The first-order valence-corrected chi connectivity index (χ1v) is 6.93. The molecule has 0 radical (unpaired) electrons. The molecule has 6 nitrogen and oxygen atoms in total. The first-order valence-electron chi connectivity index (χ1n) is 3.63. The lowest BCUT2D eigenvalue weighted by molar-refractivity contribution is 0.256. The molecule has 0 fully saturated rings. The van der Waals surface area contributed by atoms with Crippen molar-refractivity contribution in [2.75, 3.05) is 25.7 Å². The van der Waals surface area contributed by atoms with Gasteiger partial charge in [-0.3, -0.25) is 0 Å². The van der Waals surface area contributed by atoms with Crippen molar-refractivity contribution in [3.05, 3.63) is 10.2 Å². The summed E-state index contributed by atoms with van der Waals surface area (Å²) in [6.07, 6.45) is 0. The Morgan fingerprint density at radius 3 is 1.36 bits per heavy atom. The Labute approximate surface area is 82.3 Å². The molecule has 0 saturated heterocycles. The molecule has 0 aromatic heterocycles. The minimum Gasteiger partial charge on any atom is -0.483 e. The first kappa shape index (κ1) is 11.3. The number of ether oxygens (including phenoxy) is 2. The second-order valence-electron chi connectivity index (χ2n) is 2.62. The average Bonchev–Trinajstić information content (AvgIpc) is 2.09. The van der Waals surface area contributed by atoms with Gasteiger partial charge in [0.15, 0.2) is 0 Å². The van der Waals surface area contributed by atoms with E-state index < -0.39 is 41.4 Å². The van der Waals surface area contributed by atoms with E-state index in [-0.39, 0.29) is 0 Å². The van der Waals surface area contributed by atoms with E-state index in [1.165, 1.54) is 0 Å². The summed E-state index contributed by atoms with van der Waals surface area (Å²) >= 11 is 0. The zero-order chi connectivity index (χ0) is 11.0. The summed E-state index contributed by atoms with van der Waals surface area (Å²) in [5.41, 5.74) is 0. The van der Waals surface area contributed by atoms with Crippen molar-refractivity contribution in [1.82, 2.24) is 0 Å². The topological polar surface area (TPSA) is 86.7 Å². The zero-order valence-electron chi connectivity index (χ0n) is 7.68. The standard InChI is InChI=1S/C6H10O6S2/c1-11-5-6(12-2)14(9,10)4-3-13(5,7)8/h3-4H2,1-2H3.